The molecule has 0 aromatic carbocycles. The minimum Gasteiger partial charge on any atom is -0.464 e. The molecule has 1 saturated heterocycles. The molecule has 0 aromatic heterocycles. The van der Waals surface area contributed by atoms with Crippen molar-refractivity contribution in [1.82, 2.24) is 5.06 Å². The molecule has 0 aromatic rings. The Morgan fingerprint density at radius 1 is 1.26 bits per heavy atom. The van der Waals surface area contributed by atoms with Crippen LogP contribution in [0.4, 0.5) is 0 Å². The van der Waals surface area contributed by atoms with E-state index in [0.717, 1.165) is 11.5 Å². The third kappa shape index (κ3) is 1.78. The molecule has 102 valence electrons. The van der Waals surface area contributed by atoms with Gasteiger partial charge in [-0.15, -0.1) is 0 Å². The van der Waals surface area contributed by atoms with Crippen LogP contribution in [0.25, 0.3) is 0 Å². The molecule has 19 heavy (non-hydrogen) atoms. The monoisotopic (exact) mass is 265 g/mol. The van der Waals surface area contributed by atoms with E-state index in [-0.39, 0.29) is 42.1 Å². The number of fused-ring (bicyclic) bond motifs is 5. The summed E-state index contributed by atoms with van der Waals surface area (Å²) in [6, 6.07) is 0. The number of esters is 1. The molecule has 0 unspecified atom stereocenters. The third-order valence-electron chi connectivity index (χ3n) is 4.05. The van der Waals surface area contributed by atoms with Gasteiger partial charge in [-0.1, -0.05) is 12.2 Å². The van der Waals surface area contributed by atoms with Crippen molar-refractivity contribution in [3.05, 3.63) is 12.2 Å². The Balaban J connectivity index is 1.67. The number of ether oxygens (including phenoxy) is 1. The van der Waals surface area contributed by atoms with E-state index in [2.05, 4.69) is 0 Å². The number of nitrogens with zero attached hydrogens (tertiary/aromatic N) is 1. The molecule has 1 aliphatic heterocycles. The van der Waals surface area contributed by atoms with Crippen LogP contribution in [0.2, 0.25) is 0 Å². The lowest BCUT2D eigenvalue weighted by Crippen LogP contribution is -2.35. The Morgan fingerprint density at radius 2 is 1.84 bits per heavy atom. The number of allylic oxidation sites excluding steroid dienone is 2. The highest BCUT2D eigenvalue weighted by atomic mass is 16.7. The van der Waals surface area contributed by atoms with Crippen LogP contribution in [0.1, 0.15) is 13.3 Å². The van der Waals surface area contributed by atoms with E-state index in [1.807, 2.05) is 12.2 Å². The van der Waals surface area contributed by atoms with Crippen LogP contribution in [0, 0.1) is 23.7 Å². The van der Waals surface area contributed by atoms with Crippen molar-refractivity contribution in [2.24, 2.45) is 23.7 Å². The molecule has 1 saturated carbocycles. The van der Waals surface area contributed by atoms with Gasteiger partial charge in [0.15, 0.2) is 6.61 Å². The maximum atomic E-state index is 12.2. The molecular weight excluding hydrogens is 250 g/mol. The summed E-state index contributed by atoms with van der Waals surface area (Å²) in [7, 11) is 0. The average molecular weight is 265 g/mol. The number of imide groups is 1. The molecule has 1 heterocycles. The van der Waals surface area contributed by atoms with Gasteiger partial charge < -0.3 is 4.74 Å². The standard InChI is InChI=1S/C13H15NO5/c1-2-18-9(15)6-19-14-12(16)10-7-3-4-8(5-7)11(10)13(14)17/h3-4,7-8,10-11H,2,5-6H2,1H3/t7-,8-,10-,11+/m0/s1. The van der Waals surface area contributed by atoms with Crippen molar-refractivity contribution in [1.29, 1.82) is 0 Å². The molecule has 0 spiro atoms. The first-order valence-corrected chi connectivity index (χ1v) is 6.48. The number of carbonyl (C=O) groups excluding carboxylic acids is 3. The van der Waals surface area contributed by atoms with Crippen LogP contribution < -0.4 is 0 Å². The van der Waals surface area contributed by atoms with Crippen molar-refractivity contribution in [3.8, 4) is 0 Å². The molecule has 4 atom stereocenters. The Kier molecular flexibility index (Phi) is 2.89. The SMILES string of the molecule is CCOC(=O)CON1C(=O)[C@@H]2[C@H](C1=O)[C@H]1C=C[C@H]2C1. The smallest absolute Gasteiger partial charge is 0.334 e. The molecule has 6 heteroatoms. The number of hydroxylamine groups is 2. The summed E-state index contributed by atoms with van der Waals surface area (Å²) in [5.74, 6) is -1.55. The Morgan fingerprint density at radius 3 is 2.37 bits per heavy atom. The number of hydrogen-bond donors (Lipinski definition) is 0. The first-order valence-electron chi connectivity index (χ1n) is 6.48. The molecular formula is C13H15NO5. The highest BCUT2D eigenvalue weighted by molar-refractivity contribution is 6.05. The second kappa shape index (κ2) is 4.45. The van der Waals surface area contributed by atoms with Crippen molar-refractivity contribution < 1.29 is 24.0 Å². The Labute approximate surface area is 110 Å². The van der Waals surface area contributed by atoms with Crippen molar-refractivity contribution in [2.45, 2.75) is 13.3 Å². The fourth-order valence-electron chi connectivity index (χ4n) is 3.32. The second-order valence-corrected chi connectivity index (χ2v) is 5.05. The molecule has 2 fully saturated rings. The maximum absolute atomic E-state index is 12.2. The van der Waals surface area contributed by atoms with E-state index in [1.165, 1.54) is 0 Å². The summed E-state index contributed by atoms with van der Waals surface area (Å²) in [6.45, 7) is 1.51. The van der Waals surface area contributed by atoms with Gasteiger partial charge in [0.1, 0.15) is 0 Å². The van der Waals surface area contributed by atoms with E-state index in [0.29, 0.717) is 0 Å². The summed E-state index contributed by atoms with van der Waals surface area (Å²) >= 11 is 0. The normalized spacial score (nSPS) is 35.1. The maximum Gasteiger partial charge on any atom is 0.334 e. The van der Waals surface area contributed by atoms with Gasteiger partial charge in [-0.2, -0.15) is 5.06 Å². The van der Waals surface area contributed by atoms with Gasteiger partial charge in [-0.3, -0.25) is 14.4 Å². The molecule has 6 nitrogen and oxygen atoms in total. The van der Waals surface area contributed by atoms with Gasteiger partial charge >= 0.3 is 5.97 Å². The summed E-state index contributed by atoms with van der Waals surface area (Å²) in [5, 5.41) is 0.762. The van der Waals surface area contributed by atoms with Crippen LogP contribution in [0.3, 0.4) is 0 Å². The third-order valence-corrected chi connectivity index (χ3v) is 4.05. The second-order valence-electron chi connectivity index (χ2n) is 5.05. The summed E-state index contributed by atoms with van der Waals surface area (Å²) in [4.78, 5) is 40.5. The van der Waals surface area contributed by atoms with E-state index in [1.54, 1.807) is 6.92 Å². The Hall–Kier alpha value is -1.69. The lowest BCUT2D eigenvalue weighted by molar-refractivity contribution is -0.195. The van der Waals surface area contributed by atoms with E-state index in [4.69, 9.17) is 9.57 Å². The summed E-state index contributed by atoms with van der Waals surface area (Å²) in [5.41, 5.74) is 0. The van der Waals surface area contributed by atoms with Gasteiger partial charge in [-0.25, -0.2) is 4.79 Å². The number of hydrogen-bond acceptors (Lipinski definition) is 5. The molecule has 2 aliphatic carbocycles. The van der Waals surface area contributed by atoms with Gasteiger partial charge in [0.05, 0.1) is 18.4 Å². The highest BCUT2D eigenvalue weighted by Gasteiger charge is 2.60. The van der Waals surface area contributed by atoms with Gasteiger partial charge in [0, 0.05) is 0 Å². The lowest BCUT2D eigenvalue weighted by Gasteiger charge is -2.15. The molecule has 2 amide bonds. The fourth-order valence-corrected chi connectivity index (χ4v) is 3.32. The van der Waals surface area contributed by atoms with Gasteiger partial charge in [0.2, 0.25) is 0 Å². The van der Waals surface area contributed by atoms with Crippen molar-refractivity contribution in [2.75, 3.05) is 13.2 Å². The topological polar surface area (TPSA) is 72.9 Å². The average Bonchev–Trinajstić information content (AvgIpc) is 3.03. The first kappa shape index (κ1) is 12.3. The summed E-state index contributed by atoms with van der Waals surface area (Å²) in [6.07, 6.45) is 4.89. The summed E-state index contributed by atoms with van der Waals surface area (Å²) < 4.78 is 4.70. The largest absolute Gasteiger partial charge is 0.464 e. The van der Waals surface area contributed by atoms with Crippen molar-refractivity contribution in [3.63, 3.8) is 0 Å². The van der Waals surface area contributed by atoms with E-state index < -0.39 is 12.6 Å². The first-order chi connectivity index (χ1) is 9.13. The Bertz CT molecular complexity index is 442. The zero-order valence-corrected chi connectivity index (χ0v) is 10.6. The quantitative estimate of drug-likeness (QED) is 0.415. The van der Waals surface area contributed by atoms with Crippen LogP contribution in [0.5, 0.6) is 0 Å². The molecule has 3 aliphatic rings. The van der Waals surface area contributed by atoms with Gasteiger partial charge in [0.25, 0.3) is 11.8 Å². The predicted octanol–water partition coefficient (Wildman–Crippen LogP) is 0.288. The number of rotatable bonds is 4. The molecule has 0 radical (unpaired) electrons. The lowest BCUT2D eigenvalue weighted by atomic mass is 9.85. The van der Waals surface area contributed by atoms with Crippen LogP contribution in [-0.2, 0) is 24.0 Å². The van der Waals surface area contributed by atoms with E-state index >= 15 is 0 Å². The molecule has 2 bridgehead atoms. The number of carbonyl (C=O) groups is 3. The molecule has 3 rings (SSSR count). The molecule has 0 N–H and O–H groups in total. The van der Waals surface area contributed by atoms with Crippen LogP contribution in [-0.4, -0.2) is 36.1 Å². The zero-order valence-electron chi connectivity index (χ0n) is 10.6. The van der Waals surface area contributed by atoms with Crippen molar-refractivity contribution >= 4 is 17.8 Å². The van der Waals surface area contributed by atoms with Crippen LogP contribution >= 0.6 is 0 Å². The predicted molar refractivity (Wildman–Crippen MR) is 62.2 cm³/mol. The fraction of sp³-hybridized carbons (Fsp3) is 0.615. The van der Waals surface area contributed by atoms with E-state index in [9.17, 15) is 14.4 Å². The minimum absolute atomic E-state index is 0.141. The van der Waals surface area contributed by atoms with Crippen LogP contribution in [0.15, 0.2) is 12.2 Å². The highest BCUT2D eigenvalue weighted by Crippen LogP contribution is 2.52. The van der Waals surface area contributed by atoms with Gasteiger partial charge in [-0.05, 0) is 25.2 Å². The number of amides is 2. The minimum atomic E-state index is -0.582. The zero-order chi connectivity index (χ0) is 13.6.